The number of nitrogens with one attached hydrogen (secondary N) is 1. The lowest BCUT2D eigenvalue weighted by Gasteiger charge is -2.34. The Morgan fingerprint density at radius 2 is 2.26 bits per heavy atom. The number of rotatable bonds is 5. The molecule has 1 aliphatic heterocycles. The molecule has 3 rings (SSSR count). The van der Waals surface area contributed by atoms with E-state index in [-0.39, 0.29) is 0 Å². The molecule has 0 aromatic carbocycles. The van der Waals surface area contributed by atoms with Crippen LogP contribution in [0.5, 0.6) is 0 Å². The molecule has 0 radical (unpaired) electrons. The molecule has 0 spiro atoms. The summed E-state index contributed by atoms with van der Waals surface area (Å²) in [4.78, 5) is 4.26. The lowest BCUT2D eigenvalue weighted by atomic mass is 9.98. The predicted molar refractivity (Wildman–Crippen MR) is 85.8 cm³/mol. The van der Waals surface area contributed by atoms with E-state index in [1.807, 2.05) is 11.3 Å². The first-order valence-corrected chi connectivity index (χ1v) is 9.06. The molecule has 2 aliphatic rings. The van der Waals surface area contributed by atoms with E-state index in [1.54, 1.807) is 0 Å². The molecule has 1 saturated heterocycles. The normalized spacial score (nSPS) is 25.7. The summed E-state index contributed by atoms with van der Waals surface area (Å²) >= 11 is 5.48. The summed E-state index contributed by atoms with van der Waals surface area (Å²) in [5.74, 6) is 0.847. The highest BCUT2D eigenvalue weighted by molar-refractivity contribution is 9.11. The van der Waals surface area contributed by atoms with Gasteiger partial charge in [-0.2, -0.15) is 0 Å². The van der Waals surface area contributed by atoms with Crippen LogP contribution in [0.3, 0.4) is 0 Å². The van der Waals surface area contributed by atoms with Crippen LogP contribution in [0, 0.1) is 5.92 Å². The summed E-state index contributed by atoms with van der Waals surface area (Å²) < 4.78 is 1.25. The van der Waals surface area contributed by atoms with Crippen LogP contribution in [-0.4, -0.2) is 30.6 Å². The second kappa shape index (κ2) is 6.25. The second-order valence-electron chi connectivity index (χ2n) is 5.96. The Morgan fingerprint density at radius 3 is 2.84 bits per heavy atom. The monoisotopic (exact) mass is 342 g/mol. The first-order chi connectivity index (χ1) is 9.24. The van der Waals surface area contributed by atoms with Gasteiger partial charge in [-0.3, -0.25) is 4.90 Å². The maximum Gasteiger partial charge on any atom is 0.0701 e. The van der Waals surface area contributed by atoms with Gasteiger partial charge in [-0.1, -0.05) is 0 Å². The number of piperidine rings is 1. The molecule has 1 N–H and O–H groups in total. The van der Waals surface area contributed by atoms with E-state index < -0.39 is 0 Å². The molecule has 1 aromatic heterocycles. The Morgan fingerprint density at radius 1 is 1.42 bits per heavy atom. The van der Waals surface area contributed by atoms with Crippen LogP contribution in [-0.2, 0) is 0 Å². The molecule has 1 aromatic rings. The summed E-state index contributed by atoms with van der Waals surface area (Å²) in [6, 6.07) is 5.89. The van der Waals surface area contributed by atoms with Gasteiger partial charge in [0.05, 0.1) is 3.79 Å². The average Bonchev–Trinajstić information content (AvgIpc) is 3.18. The van der Waals surface area contributed by atoms with Gasteiger partial charge >= 0.3 is 0 Å². The topological polar surface area (TPSA) is 15.3 Å². The van der Waals surface area contributed by atoms with E-state index in [0.717, 1.165) is 12.0 Å². The SMILES string of the molecule is CC(c1ccc(Br)s1)N(CC1CCCNC1)C1CC1. The van der Waals surface area contributed by atoms with E-state index in [4.69, 9.17) is 0 Å². The van der Waals surface area contributed by atoms with Crippen LogP contribution in [0.15, 0.2) is 15.9 Å². The first kappa shape index (κ1) is 14.1. The standard InChI is InChI=1S/C15H23BrN2S/c1-11(14-6-7-15(16)19-14)18(13-4-5-13)10-12-3-2-8-17-9-12/h6-7,11-13,17H,2-5,8-10H2,1H3. The van der Waals surface area contributed by atoms with Gasteiger partial charge in [0.1, 0.15) is 0 Å². The van der Waals surface area contributed by atoms with Crippen LogP contribution in [0.2, 0.25) is 0 Å². The largest absolute Gasteiger partial charge is 0.316 e. The van der Waals surface area contributed by atoms with Crippen molar-refractivity contribution in [3.05, 3.63) is 20.8 Å². The van der Waals surface area contributed by atoms with Crippen molar-refractivity contribution in [2.45, 2.75) is 44.7 Å². The molecule has 1 aliphatic carbocycles. The van der Waals surface area contributed by atoms with Gasteiger partial charge in [0.15, 0.2) is 0 Å². The molecular weight excluding hydrogens is 320 g/mol. The molecule has 2 heterocycles. The minimum absolute atomic E-state index is 0.575. The molecule has 19 heavy (non-hydrogen) atoms. The van der Waals surface area contributed by atoms with Gasteiger partial charge in [0.2, 0.25) is 0 Å². The summed E-state index contributed by atoms with van der Waals surface area (Å²) in [5, 5.41) is 3.55. The summed E-state index contributed by atoms with van der Waals surface area (Å²) in [7, 11) is 0. The fraction of sp³-hybridized carbons (Fsp3) is 0.733. The third-order valence-electron chi connectivity index (χ3n) is 4.39. The first-order valence-electron chi connectivity index (χ1n) is 7.45. The fourth-order valence-electron chi connectivity index (χ4n) is 3.12. The Kier molecular flexibility index (Phi) is 4.62. The summed E-state index contributed by atoms with van der Waals surface area (Å²) in [6.45, 7) is 6.08. The van der Waals surface area contributed by atoms with Gasteiger partial charge in [0.25, 0.3) is 0 Å². The van der Waals surface area contributed by atoms with E-state index in [2.05, 4.69) is 45.2 Å². The van der Waals surface area contributed by atoms with Crippen LogP contribution < -0.4 is 5.32 Å². The third kappa shape index (κ3) is 3.60. The molecule has 106 valence electrons. The smallest absolute Gasteiger partial charge is 0.0701 e. The molecule has 2 fully saturated rings. The van der Waals surface area contributed by atoms with Crippen LogP contribution in [0.25, 0.3) is 0 Å². The predicted octanol–water partition coefficient (Wildman–Crippen LogP) is 4.04. The van der Waals surface area contributed by atoms with E-state index in [1.165, 1.54) is 54.0 Å². The van der Waals surface area contributed by atoms with Gasteiger partial charge in [0, 0.05) is 23.5 Å². The Bertz CT molecular complexity index is 410. The lowest BCUT2D eigenvalue weighted by molar-refractivity contribution is 0.156. The van der Waals surface area contributed by atoms with E-state index in [0.29, 0.717) is 6.04 Å². The lowest BCUT2D eigenvalue weighted by Crippen LogP contribution is -2.40. The molecular formula is C15H23BrN2S. The van der Waals surface area contributed by atoms with Gasteiger partial charge in [-0.25, -0.2) is 0 Å². The second-order valence-corrected chi connectivity index (χ2v) is 8.45. The van der Waals surface area contributed by atoms with Gasteiger partial charge in [-0.15, -0.1) is 11.3 Å². The van der Waals surface area contributed by atoms with Gasteiger partial charge < -0.3 is 5.32 Å². The van der Waals surface area contributed by atoms with Crippen molar-refractivity contribution in [2.75, 3.05) is 19.6 Å². The zero-order valence-electron chi connectivity index (χ0n) is 11.6. The number of nitrogens with zero attached hydrogens (tertiary/aromatic N) is 1. The van der Waals surface area contributed by atoms with Crippen molar-refractivity contribution in [3.8, 4) is 0 Å². The maximum atomic E-state index is 3.59. The van der Waals surface area contributed by atoms with Crippen molar-refractivity contribution in [3.63, 3.8) is 0 Å². The van der Waals surface area contributed by atoms with Crippen molar-refractivity contribution in [1.82, 2.24) is 10.2 Å². The quantitative estimate of drug-likeness (QED) is 0.868. The average molecular weight is 343 g/mol. The zero-order chi connectivity index (χ0) is 13.2. The highest BCUT2D eigenvalue weighted by atomic mass is 79.9. The number of hydrogen-bond donors (Lipinski definition) is 1. The zero-order valence-corrected chi connectivity index (χ0v) is 14.0. The molecule has 1 saturated carbocycles. The summed E-state index contributed by atoms with van der Waals surface area (Å²) in [5.41, 5.74) is 0. The van der Waals surface area contributed by atoms with Crippen molar-refractivity contribution < 1.29 is 0 Å². The Balaban J connectivity index is 1.66. The number of hydrogen-bond acceptors (Lipinski definition) is 3. The molecule has 0 bridgehead atoms. The molecule has 4 heteroatoms. The van der Waals surface area contributed by atoms with Crippen molar-refractivity contribution in [1.29, 1.82) is 0 Å². The Labute approximate surface area is 128 Å². The van der Waals surface area contributed by atoms with Crippen molar-refractivity contribution in [2.24, 2.45) is 5.92 Å². The highest BCUT2D eigenvalue weighted by Crippen LogP contribution is 2.38. The van der Waals surface area contributed by atoms with Gasteiger partial charge in [-0.05, 0) is 79.7 Å². The minimum Gasteiger partial charge on any atom is -0.316 e. The van der Waals surface area contributed by atoms with Crippen LogP contribution in [0.1, 0.15) is 43.5 Å². The molecule has 2 nitrogen and oxygen atoms in total. The van der Waals surface area contributed by atoms with E-state index in [9.17, 15) is 0 Å². The molecule has 0 amide bonds. The number of halogens is 1. The molecule has 2 unspecified atom stereocenters. The molecule has 2 atom stereocenters. The van der Waals surface area contributed by atoms with Crippen LogP contribution in [0.4, 0.5) is 0 Å². The number of thiophene rings is 1. The van der Waals surface area contributed by atoms with Crippen LogP contribution >= 0.6 is 27.3 Å². The fourth-order valence-corrected chi connectivity index (χ4v) is 4.62. The van der Waals surface area contributed by atoms with E-state index >= 15 is 0 Å². The summed E-state index contributed by atoms with van der Waals surface area (Å²) in [6.07, 6.45) is 5.55. The highest BCUT2D eigenvalue weighted by Gasteiger charge is 2.34. The third-order valence-corrected chi connectivity index (χ3v) is 6.18. The minimum atomic E-state index is 0.575. The maximum absolute atomic E-state index is 3.59. The van der Waals surface area contributed by atoms with Crippen molar-refractivity contribution >= 4 is 27.3 Å². The Hall–Kier alpha value is 0.1000.